The Labute approximate surface area is 139 Å². The van der Waals surface area contributed by atoms with Crippen LogP contribution in [0.2, 0.25) is 0 Å². The summed E-state index contributed by atoms with van der Waals surface area (Å²) in [4.78, 5) is 14.8. The third kappa shape index (κ3) is 3.69. The average Bonchev–Trinajstić information content (AvgIpc) is 2.61. The van der Waals surface area contributed by atoms with E-state index in [0.717, 1.165) is 44.5 Å². The average molecular weight is 316 g/mol. The van der Waals surface area contributed by atoms with Crippen LogP contribution in [0.15, 0.2) is 18.2 Å². The predicted octanol–water partition coefficient (Wildman–Crippen LogP) is 2.72. The van der Waals surface area contributed by atoms with Crippen molar-refractivity contribution in [2.24, 2.45) is 0 Å². The van der Waals surface area contributed by atoms with Crippen LogP contribution in [0.1, 0.15) is 49.1 Å². The van der Waals surface area contributed by atoms with E-state index in [9.17, 15) is 4.79 Å². The molecule has 1 N–H and O–H groups in total. The van der Waals surface area contributed by atoms with Crippen LogP contribution >= 0.6 is 0 Å². The van der Waals surface area contributed by atoms with E-state index in [0.29, 0.717) is 24.3 Å². The second kappa shape index (κ2) is 7.35. The van der Waals surface area contributed by atoms with E-state index >= 15 is 0 Å². The highest BCUT2D eigenvalue weighted by Gasteiger charge is 2.27. The van der Waals surface area contributed by atoms with Crippen molar-refractivity contribution in [2.75, 3.05) is 27.2 Å². The molecule has 1 heterocycles. The number of piperidine rings is 1. The number of fused-ring (bicyclic) bond motifs is 1. The number of hydrogen-bond donors (Lipinski definition) is 1. The number of likely N-dealkylation sites (N-methyl/N-ethyl adjacent to an activating group) is 1. The number of likely N-dealkylation sites (tertiary alicyclic amines) is 1. The van der Waals surface area contributed by atoms with Gasteiger partial charge >= 0.3 is 0 Å². The lowest BCUT2D eigenvalue weighted by atomic mass is 9.80. The van der Waals surface area contributed by atoms with Crippen molar-refractivity contribution in [3.05, 3.63) is 29.3 Å². The number of nitrogens with one attached hydrogen (secondary N) is 1. The number of aryl methyl sites for hydroxylation is 1. The number of methoxy groups -OCH3 is 1. The van der Waals surface area contributed by atoms with Gasteiger partial charge in [0.1, 0.15) is 5.75 Å². The maximum Gasteiger partial charge on any atom is 0.223 e. The molecule has 23 heavy (non-hydrogen) atoms. The van der Waals surface area contributed by atoms with Crippen molar-refractivity contribution in [1.82, 2.24) is 10.2 Å². The van der Waals surface area contributed by atoms with Crippen molar-refractivity contribution < 1.29 is 9.53 Å². The second-order valence-corrected chi connectivity index (χ2v) is 6.83. The van der Waals surface area contributed by atoms with E-state index in [-0.39, 0.29) is 0 Å². The molecule has 0 aromatic heterocycles. The zero-order chi connectivity index (χ0) is 16.2. The summed E-state index contributed by atoms with van der Waals surface area (Å²) in [6, 6.07) is 6.79. The van der Waals surface area contributed by atoms with E-state index in [1.807, 2.05) is 13.1 Å². The molecule has 2 unspecified atom stereocenters. The number of benzene rings is 1. The highest BCUT2D eigenvalue weighted by Crippen LogP contribution is 2.36. The Bertz CT molecular complexity index is 558. The summed E-state index contributed by atoms with van der Waals surface area (Å²) in [5.74, 6) is 1.61. The van der Waals surface area contributed by atoms with Gasteiger partial charge in [-0.3, -0.25) is 4.79 Å². The van der Waals surface area contributed by atoms with Crippen molar-refractivity contribution in [1.29, 1.82) is 0 Å². The number of carbonyl (C=O) groups excluding carboxylic acids is 1. The van der Waals surface area contributed by atoms with Crippen LogP contribution in [0.4, 0.5) is 0 Å². The molecule has 1 saturated heterocycles. The van der Waals surface area contributed by atoms with Gasteiger partial charge in [0.2, 0.25) is 5.91 Å². The molecule has 2 atom stereocenters. The van der Waals surface area contributed by atoms with Crippen LogP contribution in [-0.4, -0.2) is 44.1 Å². The van der Waals surface area contributed by atoms with Gasteiger partial charge in [0, 0.05) is 25.6 Å². The normalized spacial score (nSPS) is 24.2. The molecule has 4 nitrogen and oxygen atoms in total. The van der Waals surface area contributed by atoms with Gasteiger partial charge in [0.25, 0.3) is 0 Å². The fourth-order valence-corrected chi connectivity index (χ4v) is 4.01. The maximum atomic E-state index is 12.7. The molecular formula is C19H28N2O2. The highest BCUT2D eigenvalue weighted by atomic mass is 16.5. The lowest BCUT2D eigenvalue weighted by Gasteiger charge is -2.34. The summed E-state index contributed by atoms with van der Waals surface area (Å²) in [6.07, 6.45) is 6.31. The van der Waals surface area contributed by atoms with Gasteiger partial charge in [-0.2, -0.15) is 0 Å². The lowest BCUT2D eigenvalue weighted by Crippen LogP contribution is -2.47. The Morgan fingerprint density at radius 1 is 1.35 bits per heavy atom. The number of rotatable bonds is 4. The topological polar surface area (TPSA) is 41.6 Å². The van der Waals surface area contributed by atoms with Gasteiger partial charge in [-0.25, -0.2) is 0 Å². The fraction of sp³-hybridized carbons (Fsp3) is 0.632. The number of carbonyl (C=O) groups is 1. The molecule has 1 aromatic rings. The third-order valence-corrected chi connectivity index (χ3v) is 5.39. The first-order valence-electron chi connectivity index (χ1n) is 8.83. The minimum Gasteiger partial charge on any atom is -0.497 e. The number of ether oxygens (including phenoxy) is 1. The Morgan fingerprint density at radius 3 is 3.00 bits per heavy atom. The quantitative estimate of drug-likeness (QED) is 0.928. The molecule has 0 bridgehead atoms. The molecule has 126 valence electrons. The summed E-state index contributed by atoms with van der Waals surface area (Å²) < 4.78 is 5.33. The Kier molecular flexibility index (Phi) is 5.21. The van der Waals surface area contributed by atoms with Crippen molar-refractivity contribution >= 4 is 5.91 Å². The van der Waals surface area contributed by atoms with Gasteiger partial charge in [-0.1, -0.05) is 6.07 Å². The first-order chi connectivity index (χ1) is 11.2. The first-order valence-corrected chi connectivity index (χ1v) is 8.83. The molecule has 0 radical (unpaired) electrons. The van der Waals surface area contributed by atoms with E-state index in [1.165, 1.54) is 17.5 Å². The smallest absolute Gasteiger partial charge is 0.223 e. The Balaban J connectivity index is 1.68. The van der Waals surface area contributed by atoms with E-state index < -0.39 is 0 Å². The van der Waals surface area contributed by atoms with Crippen LogP contribution in [0.25, 0.3) is 0 Å². The minimum absolute atomic E-state index is 0.318. The zero-order valence-electron chi connectivity index (χ0n) is 14.3. The van der Waals surface area contributed by atoms with Gasteiger partial charge in [-0.15, -0.1) is 0 Å². The molecule has 1 aliphatic heterocycles. The zero-order valence-corrected chi connectivity index (χ0v) is 14.3. The molecule has 0 spiro atoms. The summed E-state index contributed by atoms with van der Waals surface area (Å²) in [7, 11) is 3.70. The molecule has 1 amide bonds. The molecule has 1 aromatic carbocycles. The number of nitrogens with zero attached hydrogens (tertiary/aromatic N) is 1. The van der Waals surface area contributed by atoms with Crippen molar-refractivity contribution in [2.45, 2.75) is 50.5 Å². The standard InChI is InChI=1S/C19H28N2O2/c1-20-16-7-4-10-21(13-16)19(22)12-15-6-3-5-14-11-17(23-2)8-9-18(14)15/h8-9,11,15-16,20H,3-7,10,12-13H2,1-2H3. The summed E-state index contributed by atoms with van der Waals surface area (Å²) in [6.45, 7) is 1.77. The predicted molar refractivity (Wildman–Crippen MR) is 92.0 cm³/mol. The van der Waals surface area contributed by atoms with Crippen LogP contribution in [-0.2, 0) is 11.2 Å². The van der Waals surface area contributed by atoms with Gasteiger partial charge in [0.15, 0.2) is 0 Å². The summed E-state index contributed by atoms with van der Waals surface area (Å²) >= 11 is 0. The molecule has 1 fully saturated rings. The van der Waals surface area contributed by atoms with E-state index in [4.69, 9.17) is 4.74 Å². The van der Waals surface area contributed by atoms with E-state index in [1.54, 1.807) is 7.11 Å². The molecule has 1 aliphatic carbocycles. The highest BCUT2D eigenvalue weighted by molar-refractivity contribution is 5.77. The molecule has 2 aliphatic rings. The largest absolute Gasteiger partial charge is 0.497 e. The SMILES string of the molecule is CNC1CCCN(C(=O)CC2CCCc3cc(OC)ccc32)C1. The van der Waals surface area contributed by atoms with Crippen LogP contribution in [0, 0.1) is 0 Å². The first kappa shape index (κ1) is 16.3. The van der Waals surface area contributed by atoms with Gasteiger partial charge < -0.3 is 15.0 Å². The monoisotopic (exact) mass is 316 g/mol. The third-order valence-electron chi connectivity index (χ3n) is 5.39. The van der Waals surface area contributed by atoms with Crippen LogP contribution in [0.3, 0.4) is 0 Å². The number of amides is 1. The van der Waals surface area contributed by atoms with Gasteiger partial charge in [0.05, 0.1) is 7.11 Å². The fourth-order valence-electron chi connectivity index (χ4n) is 4.01. The second-order valence-electron chi connectivity index (χ2n) is 6.83. The van der Waals surface area contributed by atoms with Crippen molar-refractivity contribution in [3.8, 4) is 5.75 Å². The van der Waals surface area contributed by atoms with Crippen LogP contribution in [0.5, 0.6) is 5.75 Å². The summed E-state index contributed by atoms with van der Waals surface area (Å²) in [5, 5.41) is 3.31. The molecular weight excluding hydrogens is 288 g/mol. The molecule has 4 heteroatoms. The summed E-state index contributed by atoms with van der Waals surface area (Å²) in [5.41, 5.74) is 2.72. The Hall–Kier alpha value is -1.55. The van der Waals surface area contributed by atoms with E-state index in [2.05, 4.69) is 22.3 Å². The van der Waals surface area contributed by atoms with Gasteiger partial charge in [-0.05, 0) is 68.3 Å². The van der Waals surface area contributed by atoms with Crippen molar-refractivity contribution in [3.63, 3.8) is 0 Å². The van der Waals surface area contributed by atoms with Crippen LogP contribution < -0.4 is 10.1 Å². The lowest BCUT2D eigenvalue weighted by molar-refractivity contribution is -0.133. The maximum absolute atomic E-state index is 12.7. The number of hydrogen-bond acceptors (Lipinski definition) is 3. The minimum atomic E-state index is 0.318. The Morgan fingerprint density at radius 2 is 2.22 bits per heavy atom. The molecule has 3 rings (SSSR count). The molecule has 0 saturated carbocycles.